The number of halogens is 3. The highest BCUT2D eigenvalue weighted by Gasteiger charge is 2.36. The molecule has 2 atom stereocenters. The summed E-state index contributed by atoms with van der Waals surface area (Å²) in [5, 5.41) is 18.6. The van der Waals surface area contributed by atoms with Gasteiger partial charge in [0, 0.05) is 36.6 Å². The van der Waals surface area contributed by atoms with E-state index >= 15 is 0 Å². The predicted molar refractivity (Wildman–Crippen MR) is 106 cm³/mol. The van der Waals surface area contributed by atoms with Crippen molar-refractivity contribution in [1.82, 2.24) is 20.2 Å². The lowest BCUT2D eigenvalue weighted by Crippen LogP contribution is -2.29. The van der Waals surface area contributed by atoms with Gasteiger partial charge in [-0.2, -0.15) is 18.3 Å². The van der Waals surface area contributed by atoms with Crippen LogP contribution in [0, 0.1) is 0 Å². The van der Waals surface area contributed by atoms with Crippen LogP contribution in [0.1, 0.15) is 29.4 Å². The standard InChI is InChI=1S/C20H19F3N6O2/c1-11-5-13(30)10-29(11)18-6-17(14(9-24-18)20(21,22)23)28-19(31)16-4-2-3-15(27-16)12-7-25-26-8-12/h2-4,6-9,11,13,30H,5,10H2,1H3,(H,25,26)(H,24,28,31)/t11-,13+/m0/s1. The van der Waals surface area contributed by atoms with Gasteiger partial charge in [-0.3, -0.25) is 9.89 Å². The summed E-state index contributed by atoms with van der Waals surface area (Å²) in [6.45, 7) is 2.10. The lowest BCUT2D eigenvalue weighted by atomic mass is 10.2. The Morgan fingerprint density at radius 2 is 2.13 bits per heavy atom. The highest BCUT2D eigenvalue weighted by molar-refractivity contribution is 6.03. The molecule has 1 fully saturated rings. The highest BCUT2D eigenvalue weighted by atomic mass is 19.4. The first-order valence-electron chi connectivity index (χ1n) is 9.52. The van der Waals surface area contributed by atoms with Crippen molar-refractivity contribution in [3.05, 3.63) is 54.1 Å². The van der Waals surface area contributed by atoms with E-state index in [1.165, 1.54) is 18.3 Å². The van der Waals surface area contributed by atoms with Crippen LogP contribution in [-0.4, -0.2) is 49.9 Å². The molecule has 0 unspecified atom stereocenters. The first-order valence-corrected chi connectivity index (χ1v) is 9.52. The number of hydrogen-bond acceptors (Lipinski definition) is 6. The van der Waals surface area contributed by atoms with E-state index in [1.807, 2.05) is 6.92 Å². The van der Waals surface area contributed by atoms with Crippen molar-refractivity contribution in [2.24, 2.45) is 0 Å². The Balaban J connectivity index is 1.65. The number of aromatic amines is 1. The minimum absolute atomic E-state index is 0.0462. The number of hydrogen-bond donors (Lipinski definition) is 3. The number of amides is 1. The van der Waals surface area contributed by atoms with E-state index in [1.54, 1.807) is 23.2 Å². The van der Waals surface area contributed by atoms with E-state index in [0.717, 1.165) is 0 Å². The molecule has 3 aromatic heterocycles. The zero-order valence-electron chi connectivity index (χ0n) is 16.4. The number of carbonyl (C=O) groups excluding carboxylic acids is 1. The topological polar surface area (TPSA) is 107 Å². The quantitative estimate of drug-likeness (QED) is 0.585. The van der Waals surface area contributed by atoms with Gasteiger partial charge >= 0.3 is 6.18 Å². The first kappa shape index (κ1) is 20.8. The molecule has 0 saturated carbocycles. The summed E-state index contributed by atoms with van der Waals surface area (Å²) < 4.78 is 40.6. The van der Waals surface area contributed by atoms with Crippen LogP contribution in [0.4, 0.5) is 24.7 Å². The summed E-state index contributed by atoms with van der Waals surface area (Å²) in [7, 11) is 0. The largest absolute Gasteiger partial charge is 0.419 e. The fraction of sp³-hybridized carbons (Fsp3) is 0.300. The molecule has 1 aliphatic heterocycles. The SMILES string of the molecule is C[C@H]1C[C@@H](O)CN1c1cc(NC(=O)c2cccc(-c3cn[nH]c3)n2)c(C(F)(F)F)cn1. The maximum Gasteiger partial charge on any atom is 0.419 e. The number of aliphatic hydroxyl groups excluding tert-OH is 1. The second-order valence-corrected chi connectivity index (χ2v) is 7.33. The number of nitrogens with zero attached hydrogens (tertiary/aromatic N) is 4. The Kier molecular flexibility index (Phi) is 5.36. The molecule has 1 aliphatic rings. The Morgan fingerprint density at radius 1 is 1.32 bits per heavy atom. The lowest BCUT2D eigenvalue weighted by Gasteiger charge is -2.24. The number of β-amino-alcohol motifs (C(OH)–C–C–N with tert-alkyl or cyclic N) is 1. The Morgan fingerprint density at radius 3 is 2.77 bits per heavy atom. The molecule has 11 heteroatoms. The van der Waals surface area contributed by atoms with Gasteiger partial charge in [0.2, 0.25) is 0 Å². The van der Waals surface area contributed by atoms with E-state index < -0.39 is 29.4 Å². The number of carbonyl (C=O) groups is 1. The van der Waals surface area contributed by atoms with Crippen molar-refractivity contribution in [2.45, 2.75) is 31.7 Å². The van der Waals surface area contributed by atoms with Gasteiger partial charge in [-0.25, -0.2) is 9.97 Å². The normalized spacial score (nSPS) is 18.9. The lowest BCUT2D eigenvalue weighted by molar-refractivity contribution is -0.137. The predicted octanol–water partition coefficient (Wildman–Crippen LogP) is 3.10. The summed E-state index contributed by atoms with van der Waals surface area (Å²) in [5.41, 5.74) is -0.448. The van der Waals surface area contributed by atoms with Crippen LogP contribution >= 0.6 is 0 Å². The van der Waals surface area contributed by atoms with Gasteiger partial charge < -0.3 is 15.3 Å². The smallest absolute Gasteiger partial charge is 0.391 e. The molecule has 0 radical (unpaired) electrons. The molecule has 162 valence electrons. The molecule has 8 nitrogen and oxygen atoms in total. The maximum absolute atomic E-state index is 13.5. The minimum atomic E-state index is -4.71. The fourth-order valence-electron chi connectivity index (χ4n) is 3.55. The third-order valence-electron chi connectivity index (χ3n) is 5.07. The Hall–Kier alpha value is -3.47. The molecule has 1 amide bonds. The van der Waals surface area contributed by atoms with E-state index in [-0.39, 0.29) is 24.1 Å². The number of anilines is 2. The van der Waals surface area contributed by atoms with Gasteiger partial charge in [0.15, 0.2) is 0 Å². The Labute approximate surface area is 175 Å². The monoisotopic (exact) mass is 432 g/mol. The molecule has 31 heavy (non-hydrogen) atoms. The van der Waals surface area contributed by atoms with Gasteiger partial charge in [-0.15, -0.1) is 0 Å². The average molecular weight is 432 g/mol. The summed E-state index contributed by atoms with van der Waals surface area (Å²) in [6.07, 6.45) is -1.02. The Bertz CT molecular complexity index is 1090. The molecule has 0 spiro atoms. The summed E-state index contributed by atoms with van der Waals surface area (Å²) in [4.78, 5) is 22.6. The summed E-state index contributed by atoms with van der Waals surface area (Å²) >= 11 is 0. The molecule has 4 rings (SSSR count). The second-order valence-electron chi connectivity index (χ2n) is 7.33. The molecule has 0 aliphatic carbocycles. The van der Waals surface area contributed by atoms with Crippen molar-refractivity contribution in [2.75, 3.05) is 16.8 Å². The average Bonchev–Trinajstić information content (AvgIpc) is 3.37. The van der Waals surface area contributed by atoms with E-state index in [0.29, 0.717) is 23.9 Å². The van der Waals surface area contributed by atoms with Gasteiger partial charge in [0.05, 0.1) is 29.2 Å². The molecule has 4 heterocycles. The maximum atomic E-state index is 13.5. The number of H-pyrrole nitrogens is 1. The first-order chi connectivity index (χ1) is 14.7. The van der Waals surface area contributed by atoms with Crippen LogP contribution in [-0.2, 0) is 6.18 Å². The van der Waals surface area contributed by atoms with E-state index in [4.69, 9.17) is 0 Å². The van der Waals surface area contributed by atoms with Crippen molar-refractivity contribution < 1.29 is 23.1 Å². The zero-order chi connectivity index (χ0) is 22.2. The van der Waals surface area contributed by atoms with Crippen molar-refractivity contribution >= 4 is 17.4 Å². The van der Waals surface area contributed by atoms with Crippen molar-refractivity contribution in [1.29, 1.82) is 0 Å². The molecule has 1 saturated heterocycles. The minimum Gasteiger partial charge on any atom is -0.391 e. The molecular weight excluding hydrogens is 413 g/mol. The third kappa shape index (κ3) is 4.36. The third-order valence-corrected chi connectivity index (χ3v) is 5.07. The fourth-order valence-corrected chi connectivity index (χ4v) is 3.55. The number of aliphatic hydroxyl groups is 1. The zero-order valence-corrected chi connectivity index (χ0v) is 16.4. The van der Waals surface area contributed by atoms with E-state index in [9.17, 15) is 23.1 Å². The van der Waals surface area contributed by atoms with Crippen molar-refractivity contribution in [3.8, 4) is 11.3 Å². The van der Waals surface area contributed by atoms with Crippen LogP contribution in [0.15, 0.2) is 42.9 Å². The number of pyridine rings is 2. The summed E-state index contributed by atoms with van der Waals surface area (Å²) in [5.74, 6) is -0.546. The van der Waals surface area contributed by atoms with Crippen LogP contribution in [0.5, 0.6) is 0 Å². The molecule has 0 aromatic carbocycles. The summed E-state index contributed by atoms with van der Waals surface area (Å²) in [6, 6.07) is 5.73. The van der Waals surface area contributed by atoms with Crippen molar-refractivity contribution in [3.63, 3.8) is 0 Å². The number of rotatable bonds is 4. The molecule has 0 bridgehead atoms. The van der Waals surface area contributed by atoms with Gasteiger partial charge in [-0.05, 0) is 25.5 Å². The number of aromatic nitrogens is 4. The van der Waals surface area contributed by atoms with Crippen LogP contribution in [0.25, 0.3) is 11.3 Å². The second kappa shape index (κ2) is 7.99. The number of nitrogens with one attached hydrogen (secondary N) is 2. The van der Waals surface area contributed by atoms with Crippen LogP contribution < -0.4 is 10.2 Å². The highest BCUT2D eigenvalue weighted by Crippen LogP contribution is 2.37. The van der Waals surface area contributed by atoms with E-state index in [2.05, 4.69) is 25.5 Å². The van der Waals surface area contributed by atoms with Gasteiger partial charge in [0.1, 0.15) is 11.5 Å². The van der Waals surface area contributed by atoms with Crippen LogP contribution in [0.3, 0.4) is 0 Å². The number of alkyl halides is 3. The van der Waals surface area contributed by atoms with Crippen LogP contribution in [0.2, 0.25) is 0 Å². The molecule has 3 aromatic rings. The molecular formula is C20H19F3N6O2. The van der Waals surface area contributed by atoms with Gasteiger partial charge in [0.25, 0.3) is 5.91 Å². The molecule has 3 N–H and O–H groups in total. The van der Waals surface area contributed by atoms with Gasteiger partial charge in [-0.1, -0.05) is 6.07 Å².